The Labute approximate surface area is 111 Å². The van der Waals surface area contributed by atoms with E-state index in [0.717, 1.165) is 17.1 Å². The van der Waals surface area contributed by atoms with Crippen molar-refractivity contribution >= 4 is 12.0 Å². The Morgan fingerprint density at radius 1 is 1.11 bits per heavy atom. The highest BCUT2D eigenvalue weighted by Crippen LogP contribution is 2.21. The van der Waals surface area contributed by atoms with Crippen molar-refractivity contribution in [3.8, 4) is 11.5 Å². The van der Waals surface area contributed by atoms with Gasteiger partial charge < -0.3 is 9.47 Å². The number of nitrogens with one attached hydrogen (secondary N) is 1. The number of nitrogens with zero attached hydrogens (tertiary/aromatic N) is 2. The number of ether oxygens (including phenoxy) is 2. The number of benzene rings is 1. The fourth-order valence-corrected chi connectivity index (χ4v) is 1.51. The lowest BCUT2D eigenvalue weighted by Crippen LogP contribution is -1.94. The lowest BCUT2D eigenvalue weighted by atomic mass is 10.2. The van der Waals surface area contributed by atoms with Gasteiger partial charge in [0.2, 0.25) is 0 Å². The van der Waals surface area contributed by atoms with Crippen LogP contribution >= 0.6 is 0 Å². The molecule has 0 radical (unpaired) electrons. The molecule has 0 bridgehead atoms. The van der Waals surface area contributed by atoms with Gasteiger partial charge in [-0.15, -0.1) is 0 Å². The molecule has 0 aliphatic heterocycles. The second-order valence-corrected chi connectivity index (χ2v) is 3.73. The highest BCUT2D eigenvalue weighted by molar-refractivity contribution is 5.81. The summed E-state index contributed by atoms with van der Waals surface area (Å²) in [5, 5.41) is 4.11. The molecule has 0 saturated heterocycles. The van der Waals surface area contributed by atoms with Crippen LogP contribution in [0.25, 0.3) is 0 Å². The maximum absolute atomic E-state index is 5.19. The third-order valence-electron chi connectivity index (χ3n) is 2.43. The van der Waals surface area contributed by atoms with Crippen LogP contribution in [-0.4, -0.2) is 25.4 Å². The summed E-state index contributed by atoms with van der Waals surface area (Å²) in [5.41, 5.74) is 3.72. The standard InChI is InChI=1S/C14H15N3O2/c1-18-12-7-11(8-13(9-12)19-2)10-16-17-14-5-3-4-6-15-14/h3-10H,1-2H3,(H,15,17). The predicted molar refractivity (Wildman–Crippen MR) is 75.0 cm³/mol. The van der Waals surface area contributed by atoms with Gasteiger partial charge in [-0.3, -0.25) is 5.43 Å². The number of hydrogen-bond acceptors (Lipinski definition) is 5. The minimum Gasteiger partial charge on any atom is -0.497 e. The van der Waals surface area contributed by atoms with Crippen molar-refractivity contribution in [2.45, 2.75) is 0 Å². The molecule has 5 heteroatoms. The molecule has 1 N–H and O–H groups in total. The van der Waals surface area contributed by atoms with Gasteiger partial charge in [0, 0.05) is 17.8 Å². The second kappa shape index (κ2) is 6.39. The molecule has 98 valence electrons. The van der Waals surface area contributed by atoms with Crippen molar-refractivity contribution < 1.29 is 9.47 Å². The van der Waals surface area contributed by atoms with Gasteiger partial charge in [-0.1, -0.05) is 6.07 Å². The zero-order valence-electron chi connectivity index (χ0n) is 10.8. The summed E-state index contributed by atoms with van der Waals surface area (Å²) in [6.45, 7) is 0. The van der Waals surface area contributed by atoms with Crippen molar-refractivity contribution in [3.63, 3.8) is 0 Å². The molecule has 0 atom stereocenters. The van der Waals surface area contributed by atoms with Gasteiger partial charge in [0.05, 0.1) is 20.4 Å². The summed E-state index contributed by atoms with van der Waals surface area (Å²) < 4.78 is 10.4. The van der Waals surface area contributed by atoms with Crippen LogP contribution in [0.3, 0.4) is 0 Å². The number of hydrogen-bond donors (Lipinski definition) is 1. The van der Waals surface area contributed by atoms with E-state index in [-0.39, 0.29) is 0 Å². The molecular formula is C14H15N3O2. The summed E-state index contributed by atoms with van der Waals surface area (Å²) >= 11 is 0. The number of pyridine rings is 1. The Bertz CT molecular complexity index is 534. The summed E-state index contributed by atoms with van der Waals surface area (Å²) in [5.74, 6) is 2.13. The minimum absolute atomic E-state index is 0.689. The van der Waals surface area contributed by atoms with E-state index in [4.69, 9.17) is 9.47 Å². The molecule has 1 aromatic carbocycles. The van der Waals surface area contributed by atoms with Crippen LogP contribution in [0.1, 0.15) is 5.56 Å². The first-order valence-electron chi connectivity index (χ1n) is 5.75. The van der Waals surface area contributed by atoms with Crippen molar-refractivity contribution in [2.75, 3.05) is 19.6 Å². The van der Waals surface area contributed by atoms with Gasteiger partial charge in [0.25, 0.3) is 0 Å². The average Bonchev–Trinajstić information content (AvgIpc) is 2.48. The molecule has 0 amide bonds. The molecule has 2 aromatic rings. The number of anilines is 1. The first-order chi connectivity index (χ1) is 9.31. The van der Waals surface area contributed by atoms with Crippen LogP contribution in [0.15, 0.2) is 47.7 Å². The Balaban J connectivity index is 2.10. The SMILES string of the molecule is COc1cc(C=NNc2ccccn2)cc(OC)c1. The molecule has 0 fully saturated rings. The van der Waals surface area contributed by atoms with Crippen molar-refractivity contribution in [2.24, 2.45) is 5.10 Å². The first kappa shape index (κ1) is 12.9. The molecule has 19 heavy (non-hydrogen) atoms. The van der Waals surface area contributed by atoms with Crippen molar-refractivity contribution in [1.82, 2.24) is 4.98 Å². The fraction of sp³-hybridized carbons (Fsp3) is 0.143. The summed E-state index contributed by atoms with van der Waals surface area (Å²) in [4.78, 5) is 4.10. The molecule has 5 nitrogen and oxygen atoms in total. The van der Waals surface area contributed by atoms with E-state index < -0.39 is 0 Å². The molecule has 2 rings (SSSR count). The Morgan fingerprint density at radius 2 is 1.84 bits per heavy atom. The van der Waals surface area contributed by atoms with Gasteiger partial charge in [0.1, 0.15) is 17.3 Å². The van der Waals surface area contributed by atoms with E-state index >= 15 is 0 Å². The van der Waals surface area contributed by atoms with E-state index in [0.29, 0.717) is 5.82 Å². The number of rotatable bonds is 5. The van der Waals surface area contributed by atoms with Crippen LogP contribution in [0.5, 0.6) is 11.5 Å². The number of aromatic nitrogens is 1. The first-order valence-corrected chi connectivity index (χ1v) is 5.75. The molecule has 0 unspecified atom stereocenters. The maximum atomic E-state index is 5.19. The number of methoxy groups -OCH3 is 2. The van der Waals surface area contributed by atoms with Gasteiger partial charge in [-0.05, 0) is 24.3 Å². The average molecular weight is 257 g/mol. The van der Waals surface area contributed by atoms with Crippen LogP contribution in [0.2, 0.25) is 0 Å². The highest BCUT2D eigenvalue weighted by Gasteiger charge is 1.99. The van der Waals surface area contributed by atoms with Gasteiger partial charge in [-0.25, -0.2) is 4.98 Å². The van der Waals surface area contributed by atoms with Crippen LogP contribution < -0.4 is 14.9 Å². The molecule has 0 saturated carbocycles. The van der Waals surface area contributed by atoms with Crippen LogP contribution in [-0.2, 0) is 0 Å². The molecule has 0 spiro atoms. The van der Waals surface area contributed by atoms with Crippen molar-refractivity contribution in [3.05, 3.63) is 48.2 Å². The molecule has 1 aromatic heterocycles. The monoisotopic (exact) mass is 257 g/mol. The summed E-state index contributed by atoms with van der Waals surface area (Å²) in [6, 6.07) is 11.1. The molecule has 0 aliphatic carbocycles. The molecular weight excluding hydrogens is 242 g/mol. The quantitative estimate of drug-likeness (QED) is 0.660. The van der Waals surface area contributed by atoms with E-state index in [1.54, 1.807) is 26.6 Å². The molecule has 0 aliphatic rings. The minimum atomic E-state index is 0.689. The maximum Gasteiger partial charge on any atom is 0.146 e. The lowest BCUT2D eigenvalue weighted by molar-refractivity contribution is 0.394. The third-order valence-corrected chi connectivity index (χ3v) is 2.43. The summed E-state index contributed by atoms with van der Waals surface area (Å²) in [7, 11) is 3.23. The third kappa shape index (κ3) is 3.70. The van der Waals surface area contributed by atoms with Crippen molar-refractivity contribution in [1.29, 1.82) is 0 Å². The second-order valence-electron chi connectivity index (χ2n) is 3.73. The smallest absolute Gasteiger partial charge is 0.146 e. The van der Waals surface area contributed by atoms with E-state index in [1.165, 1.54) is 0 Å². The van der Waals surface area contributed by atoms with Crippen LogP contribution in [0.4, 0.5) is 5.82 Å². The van der Waals surface area contributed by atoms with E-state index in [2.05, 4.69) is 15.5 Å². The predicted octanol–water partition coefficient (Wildman–Crippen LogP) is 2.54. The lowest BCUT2D eigenvalue weighted by Gasteiger charge is -2.05. The topological polar surface area (TPSA) is 55.7 Å². The van der Waals surface area contributed by atoms with Gasteiger partial charge >= 0.3 is 0 Å². The normalized spacial score (nSPS) is 10.4. The largest absolute Gasteiger partial charge is 0.497 e. The fourth-order valence-electron chi connectivity index (χ4n) is 1.51. The zero-order valence-corrected chi connectivity index (χ0v) is 10.8. The Morgan fingerprint density at radius 3 is 2.42 bits per heavy atom. The Hall–Kier alpha value is -2.56. The van der Waals surface area contributed by atoms with Gasteiger partial charge in [-0.2, -0.15) is 5.10 Å². The highest BCUT2D eigenvalue weighted by atomic mass is 16.5. The summed E-state index contributed by atoms with van der Waals surface area (Å²) in [6.07, 6.45) is 3.38. The van der Waals surface area contributed by atoms with Crippen LogP contribution in [0, 0.1) is 0 Å². The van der Waals surface area contributed by atoms with Gasteiger partial charge in [0.15, 0.2) is 0 Å². The Kier molecular flexibility index (Phi) is 4.34. The number of hydrazone groups is 1. The van der Waals surface area contributed by atoms with E-state index in [1.807, 2.05) is 36.4 Å². The van der Waals surface area contributed by atoms with E-state index in [9.17, 15) is 0 Å². The molecule has 1 heterocycles. The zero-order chi connectivity index (χ0) is 13.5.